The van der Waals surface area contributed by atoms with Crippen molar-refractivity contribution in [3.05, 3.63) is 29.8 Å². The molecule has 0 saturated carbocycles. The molecule has 0 aromatic heterocycles. The Balaban J connectivity index is 2.27. The van der Waals surface area contributed by atoms with Gasteiger partial charge < -0.3 is 5.73 Å². The predicted molar refractivity (Wildman–Crippen MR) is 76.7 cm³/mol. The van der Waals surface area contributed by atoms with E-state index in [9.17, 15) is 13.2 Å². The number of hydrogen-bond donors (Lipinski definition) is 1. The van der Waals surface area contributed by atoms with Gasteiger partial charge in [-0.15, -0.1) is 0 Å². The molecule has 0 radical (unpaired) electrons. The van der Waals surface area contributed by atoms with E-state index < -0.39 is 15.9 Å². The average Bonchev–Trinajstić information content (AvgIpc) is 2.37. The van der Waals surface area contributed by atoms with Gasteiger partial charge in [0.1, 0.15) is 0 Å². The second-order valence-corrected chi connectivity index (χ2v) is 7.59. The molecule has 1 aromatic carbocycles. The molecule has 6 heteroatoms. The van der Waals surface area contributed by atoms with Gasteiger partial charge in [-0.1, -0.05) is 13.8 Å². The number of rotatable bonds is 3. The molecule has 2 atom stereocenters. The van der Waals surface area contributed by atoms with E-state index in [1.165, 1.54) is 28.6 Å². The lowest BCUT2D eigenvalue weighted by Gasteiger charge is -2.34. The van der Waals surface area contributed by atoms with Crippen LogP contribution in [0.1, 0.15) is 30.6 Å². The normalized spacial score (nSPS) is 24.5. The second-order valence-electron chi connectivity index (χ2n) is 5.66. The fourth-order valence-electron chi connectivity index (χ4n) is 2.74. The molecular weight excluding hydrogens is 276 g/mol. The zero-order chi connectivity index (χ0) is 14.9. The standard InChI is InChI=1S/C14H20N2O3S/c1-10-7-11(2)9-16(8-10)20(18,19)13-5-3-12(4-6-13)14(15)17/h3-6,10-11H,7-9H2,1-2H3,(H2,15,17). The zero-order valence-corrected chi connectivity index (χ0v) is 12.6. The lowest BCUT2D eigenvalue weighted by atomic mass is 9.94. The molecule has 1 aliphatic rings. The minimum atomic E-state index is -3.49. The Bertz CT molecular complexity index is 585. The van der Waals surface area contributed by atoms with Gasteiger partial charge in [0, 0.05) is 18.7 Å². The summed E-state index contributed by atoms with van der Waals surface area (Å²) >= 11 is 0. The van der Waals surface area contributed by atoms with Crippen LogP contribution in [0, 0.1) is 11.8 Å². The van der Waals surface area contributed by atoms with Gasteiger partial charge in [-0.2, -0.15) is 4.31 Å². The maximum atomic E-state index is 12.6. The number of nitrogens with two attached hydrogens (primary N) is 1. The van der Waals surface area contributed by atoms with Crippen molar-refractivity contribution in [3.8, 4) is 0 Å². The summed E-state index contributed by atoms with van der Waals surface area (Å²) in [6.07, 6.45) is 1.05. The van der Waals surface area contributed by atoms with E-state index in [-0.39, 0.29) is 4.90 Å². The Morgan fingerprint density at radius 2 is 1.65 bits per heavy atom. The van der Waals surface area contributed by atoms with E-state index in [0.29, 0.717) is 30.5 Å². The van der Waals surface area contributed by atoms with Crippen molar-refractivity contribution in [3.63, 3.8) is 0 Å². The first-order valence-electron chi connectivity index (χ1n) is 6.70. The Morgan fingerprint density at radius 3 is 2.10 bits per heavy atom. The summed E-state index contributed by atoms with van der Waals surface area (Å²) < 4.78 is 26.7. The first kappa shape index (κ1) is 15.0. The summed E-state index contributed by atoms with van der Waals surface area (Å²) in [6.45, 7) is 5.22. The molecule has 20 heavy (non-hydrogen) atoms. The summed E-state index contributed by atoms with van der Waals surface area (Å²) in [5.41, 5.74) is 5.46. The monoisotopic (exact) mass is 296 g/mol. The van der Waals surface area contributed by atoms with Crippen LogP contribution in [-0.4, -0.2) is 31.7 Å². The third-order valence-electron chi connectivity index (χ3n) is 3.61. The van der Waals surface area contributed by atoms with Gasteiger partial charge in [0.15, 0.2) is 0 Å². The summed E-state index contributed by atoms with van der Waals surface area (Å²) in [6, 6.07) is 5.79. The number of primary amides is 1. The summed E-state index contributed by atoms with van der Waals surface area (Å²) in [5, 5.41) is 0. The summed E-state index contributed by atoms with van der Waals surface area (Å²) in [7, 11) is -3.49. The molecule has 1 heterocycles. The molecule has 0 spiro atoms. The Hall–Kier alpha value is -1.40. The number of hydrogen-bond acceptors (Lipinski definition) is 3. The highest BCUT2D eigenvalue weighted by Gasteiger charge is 2.31. The minimum Gasteiger partial charge on any atom is -0.366 e. The maximum Gasteiger partial charge on any atom is 0.248 e. The van der Waals surface area contributed by atoms with Crippen molar-refractivity contribution in [2.45, 2.75) is 25.2 Å². The third kappa shape index (κ3) is 3.02. The van der Waals surface area contributed by atoms with Crippen LogP contribution < -0.4 is 5.73 Å². The maximum absolute atomic E-state index is 12.6. The summed E-state index contributed by atoms with van der Waals surface area (Å²) in [5.74, 6) is 0.158. The van der Waals surface area contributed by atoms with Crippen molar-refractivity contribution in [1.82, 2.24) is 4.31 Å². The third-order valence-corrected chi connectivity index (χ3v) is 5.46. The number of piperidine rings is 1. The van der Waals surface area contributed by atoms with E-state index >= 15 is 0 Å². The molecule has 2 unspecified atom stereocenters. The number of carbonyl (C=O) groups is 1. The highest BCUT2D eigenvalue weighted by atomic mass is 32.2. The van der Waals surface area contributed by atoms with Crippen LogP contribution in [0.5, 0.6) is 0 Å². The number of sulfonamides is 1. The molecule has 5 nitrogen and oxygen atoms in total. The Morgan fingerprint density at radius 1 is 1.15 bits per heavy atom. The summed E-state index contributed by atoms with van der Waals surface area (Å²) in [4.78, 5) is 11.2. The van der Waals surface area contributed by atoms with E-state index in [2.05, 4.69) is 13.8 Å². The van der Waals surface area contributed by atoms with Gasteiger partial charge in [0.2, 0.25) is 15.9 Å². The van der Waals surface area contributed by atoms with E-state index in [4.69, 9.17) is 5.73 Å². The van der Waals surface area contributed by atoms with E-state index in [0.717, 1.165) is 6.42 Å². The molecule has 1 saturated heterocycles. The van der Waals surface area contributed by atoms with Crippen LogP contribution in [0.25, 0.3) is 0 Å². The van der Waals surface area contributed by atoms with Crippen LogP contribution in [0.3, 0.4) is 0 Å². The quantitative estimate of drug-likeness (QED) is 0.916. The van der Waals surface area contributed by atoms with Crippen LogP contribution in [0.4, 0.5) is 0 Å². The Labute approximate surface area is 119 Å². The highest BCUT2D eigenvalue weighted by molar-refractivity contribution is 7.89. The molecule has 1 fully saturated rings. The molecule has 2 N–H and O–H groups in total. The van der Waals surface area contributed by atoms with Gasteiger partial charge >= 0.3 is 0 Å². The first-order chi connectivity index (χ1) is 9.30. The van der Waals surface area contributed by atoms with Crippen LogP contribution in [0.15, 0.2) is 29.2 Å². The van der Waals surface area contributed by atoms with Crippen molar-refractivity contribution in [1.29, 1.82) is 0 Å². The molecule has 0 bridgehead atoms. The lowest BCUT2D eigenvalue weighted by molar-refractivity contribution is 0.1000. The minimum absolute atomic E-state index is 0.212. The van der Waals surface area contributed by atoms with Crippen molar-refractivity contribution in [2.75, 3.05) is 13.1 Å². The number of benzene rings is 1. The van der Waals surface area contributed by atoms with Crippen LogP contribution in [-0.2, 0) is 10.0 Å². The molecular formula is C14H20N2O3S. The second kappa shape index (κ2) is 5.54. The Kier molecular flexibility index (Phi) is 4.15. The van der Waals surface area contributed by atoms with Gasteiger partial charge in [-0.05, 0) is 42.5 Å². The topological polar surface area (TPSA) is 80.5 Å². The van der Waals surface area contributed by atoms with Crippen molar-refractivity contribution >= 4 is 15.9 Å². The van der Waals surface area contributed by atoms with Gasteiger partial charge in [-0.3, -0.25) is 4.79 Å². The molecule has 1 aliphatic heterocycles. The SMILES string of the molecule is CC1CC(C)CN(S(=O)(=O)c2ccc(C(N)=O)cc2)C1. The van der Waals surface area contributed by atoms with E-state index in [1.54, 1.807) is 0 Å². The smallest absolute Gasteiger partial charge is 0.248 e. The predicted octanol–water partition coefficient (Wildman–Crippen LogP) is 1.45. The number of nitrogens with zero attached hydrogens (tertiary/aromatic N) is 1. The molecule has 1 aromatic rings. The number of carbonyl (C=O) groups excluding carboxylic acids is 1. The lowest BCUT2D eigenvalue weighted by Crippen LogP contribution is -2.42. The van der Waals surface area contributed by atoms with Gasteiger partial charge in [0.05, 0.1) is 4.90 Å². The van der Waals surface area contributed by atoms with Crippen molar-refractivity contribution < 1.29 is 13.2 Å². The van der Waals surface area contributed by atoms with E-state index in [1.807, 2.05) is 0 Å². The molecule has 0 aliphatic carbocycles. The number of amides is 1. The molecule has 110 valence electrons. The van der Waals surface area contributed by atoms with Crippen LogP contribution >= 0.6 is 0 Å². The fourth-order valence-corrected chi connectivity index (χ4v) is 4.42. The van der Waals surface area contributed by atoms with Crippen LogP contribution in [0.2, 0.25) is 0 Å². The zero-order valence-electron chi connectivity index (χ0n) is 11.7. The molecule has 2 rings (SSSR count). The van der Waals surface area contributed by atoms with Gasteiger partial charge in [0.25, 0.3) is 0 Å². The average molecular weight is 296 g/mol. The molecule has 1 amide bonds. The van der Waals surface area contributed by atoms with Crippen molar-refractivity contribution in [2.24, 2.45) is 17.6 Å². The fraction of sp³-hybridized carbons (Fsp3) is 0.500. The first-order valence-corrected chi connectivity index (χ1v) is 8.14. The largest absolute Gasteiger partial charge is 0.366 e. The highest BCUT2D eigenvalue weighted by Crippen LogP contribution is 2.26. The van der Waals surface area contributed by atoms with Gasteiger partial charge in [-0.25, -0.2) is 8.42 Å².